The van der Waals surface area contributed by atoms with Crippen LogP contribution < -0.4 is 11.1 Å². The minimum atomic E-state index is 0.507. The zero-order valence-electron chi connectivity index (χ0n) is 10.6. The van der Waals surface area contributed by atoms with Gasteiger partial charge in [0.25, 0.3) is 0 Å². The number of nitrogens with zero attached hydrogens (tertiary/aromatic N) is 2. The van der Waals surface area contributed by atoms with Gasteiger partial charge in [-0.05, 0) is 18.6 Å². The molecular weight excluding hydrogens is 226 g/mol. The van der Waals surface area contributed by atoms with E-state index in [-0.39, 0.29) is 0 Å². The van der Waals surface area contributed by atoms with E-state index in [0.29, 0.717) is 5.96 Å². The summed E-state index contributed by atoms with van der Waals surface area (Å²) in [5.74, 6) is 1.47. The number of hydrogen-bond acceptors (Lipinski definition) is 2. The van der Waals surface area contributed by atoms with E-state index < -0.39 is 0 Å². The molecule has 0 spiro atoms. The third-order valence-corrected chi connectivity index (χ3v) is 2.61. The molecule has 1 aromatic heterocycles. The first-order valence-corrected chi connectivity index (χ1v) is 6.27. The van der Waals surface area contributed by atoms with E-state index in [2.05, 4.69) is 27.2 Å². The number of guanidine groups is 1. The number of nitrogens with two attached hydrogens (primary N) is 1. The molecule has 1 heterocycles. The molecule has 0 fully saturated rings. The number of aromatic amines is 1. The number of fused-ring (bicyclic) bond motifs is 1. The van der Waals surface area contributed by atoms with Crippen molar-refractivity contribution in [3.05, 3.63) is 30.1 Å². The van der Waals surface area contributed by atoms with Crippen LogP contribution in [-0.2, 0) is 6.42 Å². The van der Waals surface area contributed by atoms with Crippen LogP contribution >= 0.6 is 0 Å². The SMILES string of the molecule is CCCN=C(N)NCCc1nc2ccccc2[nH]1. The van der Waals surface area contributed by atoms with Crippen molar-refractivity contribution in [3.63, 3.8) is 0 Å². The van der Waals surface area contributed by atoms with Gasteiger partial charge in [0.2, 0.25) is 0 Å². The second-order valence-corrected chi connectivity index (χ2v) is 4.14. The molecule has 0 atom stereocenters. The van der Waals surface area contributed by atoms with E-state index in [1.54, 1.807) is 0 Å². The average Bonchev–Trinajstić information content (AvgIpc) is 2.79. The molecular formula is C13H19N5. The van der Waals surface area contributed by atoms with Gasteiger partial charge in [0, 0.05) is 19.5 Å². The summed E-state index contributed by atoms with van der Waals surface area (Å²) in [6, 6.07) is 8.01. The predicted molar refractivity (Wildman–Crippen MR) is 74.6 cm³/mol. The maximum atomic E-state index is 5.71. The van der Waals surface area contributed by atoms with Crippen molar-refractivity contribution in [1.29, 1.82) is 0 Å². The van der Waals surface area contributed by atoms with E-state index in [1.807, 2.05) is 24.3 Å². The normalized spacial score (nSPS) is 11.9. The Morgan fingerprint density at radius 2 is 2.28 bits per heavy atom. The quantitative estimate of drug-likeness (QED) is 0.550. The molecule has 4 N–H and O–H groups in total. The molecule has 2 aromatic rings. The molecule has 0 aliphatic heterocycles. The van der Waals surface area contributed by atoms with E-state index in [4.69, 9.17) is 5.73 Å². The Hall–Kier alpha value is -2.04. The van der Waals surface area contributed by atoms with Crippen LogP contribution in [0.2, 0.25) is 0 Å². The van der Waals surface area contributed by atoms with Crippen molar-refractivity contribution < 1.29 is 0 Å². The minimum absolute atomic E-state index is 0.507. The highest BCUT2D eigenvalue weighted by atomic mass is 15.1. The monoisotopic (exact) mass is 245 g/mol. The summed E-state index contributed by atoms with van der Waals surface area (Å²) in [5, 5.41) is 3.08. The highest BCUT2D eigenvalue weighted by Gasteiger charge is 2.01. The lowest BCUT2D eigenvalue weighted by atomic mass is 10.3. The molecule has 0 saturated heterocycles. The lowest BCUT2D eigenvalue weighted by Crippen LogP contribution is -2.33. The smallest absolute Gasteiger partial charge is 0.188 e. The van der Waals surface area contributed by atoms with Crippen LogP contribution in [0.3, 0.4) is 0 Å². The molecule has 2 rings (SSSR count). The zero-order chi connectivity index (χ0) is 12.8. The minimum Gasteiger partial charge on any atom is -0.370 e. The van der Waals surface area contributed by atoms with Crippen molar-refractivity contribution in [1.82, 2.24) is 15.3 Å². The summed E-state index contributed by atoms with van der Waals surface area (Å²) in [5.41, 5.74) is 7.78. The van der Waals surface area contributed by atoms with Crippen LogP contribution in [0.5, 0.6) is 0 Å². The number of imidazole rings is 1. The highest BCUT2D eigenvalue weighted by Crippen LogP contribution is 2.10. The Morgan fingerprint density at radius 3 is 3.06 bits per heavy atom. The van der Waals surface area contributed by atoms with Gasteiger partial charge in [-0.2, -0.15) is 0 Å². The van der Waals surface area contributed by atoms with Gasteiger partial charge < -0.3 is 16.0 Å². The van der Waals surface area contributed by atoms with Crippen LogP contribution in [0.25, 0.3) is 11.0 Å². The molecule has 18 heavy (non-hydrogen) atoms. The summed E-state index contributed by atoms with van der Waals surface area (Å²) in [7, 11) is 0. The van der Waals surface area contributed by atoms with E-state index in [1.165, 1.54) is 0 Å². The summed E-state index contributed by atoms with van der Waals surface area (Å²) in [6.07, 6.45) is 1.81. The maximum Gasteiger partial charge on any atom is 0.188 e. The second-order valence-electron chi connectivity index (χ2n) is 4.14. The van der Waals surface area contributed by atoms with Gasteiger partial charge in [-0.3, -0.25) is 4.99 Å². The van der Waals surface area contributed by atoms with E-state index >= 15 is 0 Å². The summed E-state index contributed by atoms with van der Waals surface area (Å²) in [4.78, 5) is 11.9. The van der Waals surface area contributed by atoms with Crippen LogP contribution in [0, 0.1) is 0 Å². The van der Waals surface area contributed by atoms with Crippen LogP contribution in [0.4, 0.5) is 0 Å². The van der Waals surface area contributed by atoms with Gasteiger partial charge in [0.05, 0.1) is 11.0 Å². The Morgan fingerprint density at radius 1 is 1.44 bits per heavy atom. The van der Waals surface area contributed by atoms with Gasteiger partial charge in [0.1, 0.15) is 5.82 Å². The predicted octanol–water partition coefficient (Wildman–Crippen LogP) is 1.42. The van der Waals surface area contributed by atoms with Crippen molar-refractivity contribution in [2.75, 3.05) is 13.1 Å². The van der Waals surface area contributed by atoms with Crippen molar-refractivity contribution in [2.45, 2.75) is 19.8 Å². The Kier molecular flexibility index (Phi) is 4.17. The molecule has 1 aromatic carbocycles. The molecule has 0 unspecified atom stereocenters. The van der Waals surface area contributed by atoms with Crippen LogP contribution in [-0.4, -0.2) is 29.0 Å². The second kappa shape index (κ2) is 6.05. The number of benzene rings is 1. The first-order valence-electron chi connectivity index (χ1n) is 6.27. The number of hydrogen-bond donors (Lipinski definition) is 3. The Bertz CT molecular complexity index is 496. The summed E-state index contributed by atoms with van der Waals surface area (Å²) < 4.78 is 0. The topological polar surface area (TPSA) is 79.1 Å². The van der Waals surface area contributed by atoms with Gasteiger partial charge in [-0.25, -0.2) is 4.98 Å². The fourth-order valence-electron chi connectivity index (χ4n) is 1.72. The Balaban J connectivity index is 1.86. The fraction of sp³-hybridized carbons (Fsp3) is 0.385. The number of aliphatic imine (C=N–C) groups is 1. The molecule has 0 aliphatic rings. The van der Waals surface area contributed by atoms with Crippen LogP contribution in [0.15, 0.2) is 29.3 Å². The third-order valence-electron chi connectivity index (χ3n) is 2.61. The van der Waals surface area contributed by atoms with Gasteiger partial charge in [-0.15, -0.1) is 0 Å². The van der Waals surface area contributed by atoms with Gasteiger partial charge >= 0.3 is 0 Å². The maximum absolute atomic E-state index is 5.71. The molecule has 0 aliphatic carbocycles. The summed E-state index contributed by atoms with van der Waals surface area (Å²) in [6.45, 7) is 3.58. The first-order chi connectivity index (χ1) is 8.79. The summed E-state index contributed by atoms with van der Waals surface area (Å²) >= 11 is 0. The molecule has 0 bridgehead atoms. The number of para-hydroxylation sites is 2. The Labute approximate surface area is 107 Å². The van der Waals surface area contributed by atoms with E-state index in [9.17, 15) is 0 Å². The first kappa shape index (κ1) is 12.4. The van der Waals surface area contributed by atoms with Gasteiger partial charge in [0.15, 0.2) is 5.96 Å². The number of rotatable bonds is 5. The number of nitrogens with one attached hydrogen (secondary N) is 2. The molecule has 0 saturated carbocycles. The number of H-pyrrole nitrogens is 1. The van der Waals surface area contributed by atoms with Crippen molar-refractivity contribution in [3.8, 4) is 0 Å². The van der Waals surface area contributed by atoms with Crippen molar-refractivity contribution >= 4 is 17.0 Å². The van der Waals surface area contributed by atoms with Crippen LogP contribution in [0.1, 0.15) is 19.2 Å². The lowest BCUT2D eigenvalue weighted by molar-refractivity contribution is 0.810. The molecule has 5 heteroatoms. The molecule has 0 amide bonds. The zero-order valence-corrected chi connectivity index (χ0v) is 10.6. The molecule has 5 nitrogen and oxygen atoms in total. The largest absolute Gasteiger partial charge is 0.370 e. The van der Waals surface area contributed by atoms with Gasteiger partial charge in [-0.1, -0.05) is 19.1 Å². The lowest BCUT2D eigenvalue weighted by Gasteiger charge is -2.03. The van der Waals surface area contributed by atoms with E-state index in [0.717, 1.165) is 42.8 Å². The average molecular weight is 245 g/mol. The standard InChI is InChI=1S/C13H19N5/c1-2-8-15-13(14)16-9-7-12-17-10-5-3-4-6-11(10)18-12/h3-6H,2,7-9H2,1H3,(H,17,18)(H3,14,15,16). The van der Waals surface area contributed by atoms with Crippen molar-refractivity contribution in [2.24, 2.45) is 10.7 Å². The fourth-order valence-corrected chi connectivity index (χ4v) is 1.72. The number of aromatic nitrogens is 2. The third kappa shape index (κ3) is 3.23. The molecule has 96 valence electrons. The molecule has 0 radical (unpaired) electrons. The highest BCUT2D eigenvalue weighted by molar-refractivity contribution is 5.77.